The van der Waals surface area contributed by atoms with Gasteiger partial charge in [0.2, 0.25) is 5.91 Å². The molecular weight excluding hydrogens is 296 g/mol. The van der Waals surface area contributed by atoms with Gasteiger partial charge in [0.1, 0.15) is 0 Å². The quantitative estimate of drug-likeness (QED) is 0.820. The van der Waals surface area contributed by atoms with Gasteiger partial charge < -0.3 is 10.0 Å². The molecule has 1 atom stereocenters. The molecule has 114 valence electrons. The Bertz CT molecular complexity index is 629. The number of nitrogens with zero attached hydrogens (tertiary/aromatic N) is 2. The van der Waals surface area contributed by atoms with Crippen molar-refractivity contribution < 1.29 is 23.1 Å². The Morgan fingerprint density at radius 2 is 2.14 bits per heavy atom. The van der Waals surface area contributed by atoms with Crippen LogP contribution in [-0.4, -0.2) is 59.4 Å². The molecule has 2 rings (SSSR count). The molecule has 1 aromatic heterocycles. The molecule has 1 unspecified atom stereocenters. The fourth-order valence-electron chi connectivity index (χ4n) is 2.34. The van der Waals surface area contributed by atoms with Crippen LogP contribution in [0.1, 0.15) is 12.1 Å². The maximum atomic E-state index is 12.3. The Labute approximate surface area is 122 Å². The summed E-state index contributed by atoms with van der Waals surface area (Å²) in [4.78, 5) is 28.5. The summed E-state index contributed by atoms with van der Waals surface area (Å²) in [6.07, 6.45) is 1.24. The van der Waals surface area contributed by atoms with Gasteiger partial charge in [0.15, 0.2) is 9.84 Å². The van der Waals surface area contributed by atoms with Crippen LogP contribution in [0.5, 0.6) is 0 Å². The smallest absolute Gasteiger partial charge is 0.305 e. The average molecular weight is 312 g/mol. The molecule has 0 saturated carbocycles. The van der Waals surface area contributed by atoms with Gasteiger partial charge in [-0.2, -0.15) is 0 Å². The van der Waals surface area contributed by atoms with Crippen molar-refractivity contribution in [3.05, 3.63) is 30.1 Å². The molecule has 1 aromatic rings. The van der Waals surface area contributed by atoms with E-state index in [1.54, 1.807) is 24.4 Å². The first-order valence-corrected chi connectivity index (χ1v) is 8.31. The Morgan fingerprint density at radius 3 is 2.76 bits per heavy atom. The van der Waals surface area contributed by atoms with Crippen LogP contribution < -0.4 is 0 Å². The van der Waals surface area contributed by atoms with E-state index in [-0.39, 0.29) is 36.8 Å². The Kier molecular flexibility index (Phi) is 4.56. The number of hydrogen-bond acceptors (Lipinski definition) is 5. The summed E-state index contributed by atoms with van der Waals surface area (Å²) in [5.41, 5.74) is 0.574. The van der Waals surface area contributed by atoms with Crippen LogP contribution >= 0.6 is 0 Å². The predicted octanol–water partition coefficient (Wildman–Crippen LogP) is -0.276. The van der Waals surface area contributed by atoms with E-state index in [0.29, 0.717) is 5.69 Å². The SMILES string of the molecule is O=C(O)CC1CS(=O)(=O)CCN1C(=O)Cc1ccccn1. The fraction of sp³-hybridized carbons (Fsp3) is 0.462. The molecule has 2 heterocycles. The number of sulfone groups is 1. The maximum absolute atomic E-state index is 12.3. The first-order valence-electron chi connectivity index (χ1n) is 6.49. The highest BCUT2D eigenvalue weighted by atomic mass is 32.2. The monoisotopic (exact) mass is 312 g/mol. The third kappa shape index (κ3) is 4.25. The normalized spacial score (nSPS) is 21.0. The second-order valence-corrected chi connectivity index (χ2v) is 7.18. The number of carboxylic acids is 1. The average Bonchev–Trinajstić information content (AvgIpc) is 2.38. The second-order valence-electron chi connectivity index (χ2n) is 4.95. The van der Waals surface area contributed by atoms with Crippen molar-refractivity contribution >= 4 is 21.7 Å². The summed E-state index contributed by atoms with van der Waals surface area (Å²) in [5.74, 6) is -1.84. The van der Waals surface area contributed by atoms with E-state index < -0.39 is 21.8 Å². The molecule has 8 heteroatoms. The van der Waals surface area contributed by atoms with Gasteiger partial charge in [-0.15, -0.1) is 0 Å². The fourth-order valence-corrected chi connectivity index (χ4v) is 3.87. The number of amides is 1. The summed E-state index contributed by atoms with van der Waals surface area (Å²) in [6.45, 7) is 0.0337. The summed E-state index contributed by atoms with van der Waals surface area (Å²) in [7, 11) is -3.29. The van der Waals surface area contributed by atoms with Crippen LogP contribution in [0.3, 0.4) is 0 Å². The molecule has 7 nitrogen and oxygen atoms in total. The predicted molar refractivity (Wildman–Crippen MR) is 74.3 cm³/mol. The van der Waals surface area contributed by atoms with E-state index in [1.165, 1.54) is 4.90 Å². The lowest BCUT2D eigenvalue weighted by molar-refractivity contribution is -0.140. The number of carbonyl (C=O) groups is 2. The van der Waals surface area contributed by atoms with E-state index in [0.717, 1.165) is 0 Å². The lowest BCUT2D eigenvalue weighted by Gasteiger charge is -2.34. The van der Waals surface area contributed by atoms with E-state index in [2.05, 4.69) is 4.98 Å². The van der Waals surface area contributed by atoms with Crippen molar-refractivity contribution in [1.29, 1.82) is 0 Å². The van der Waals surface area contributed by atoms with Crippen molar-refractivity contribution in [1.82, 2.24) is 9.88 Å². The van der Waals surface area contributed by atoms with Crippen LogP contribution in [0.2, 0.25) is 0 Å². The van der Waals surface area contributed by atoms with Gasteiger partial charge in [-0.1, -0.05) is 6.07 Å². The van der Waals surface area contributed by atoms with Gasteiger partial charge in [-0.05, 0) is 12.1 Å². The highest BCUT2D eigenvalue weighted by molar-refractivity contribution is 7.91. The molecule has 1 amide bonds. The van der Waals surface area contributed by atoms with Crippen LogP contribution in [0.4, 0.5) is 0 Å². The Morgan fingerprint density at radius 1 is 1.38 bits per heavy atom. The second kappa shape index (κ2) is 6.21. The van der Waals surface area contributed by atoms with Crippen LogP contribution in [0.25, 0.3) is 0 Å². The molecule has 0 radical (unpaired) electrons. The molecule has 0 bridgehead atoms. The van der Waals surface area contributed by atoms with Crippen LogP contribution in [0.15, 0.2) is 24.4 Å². The first-order chi connectivity index (χ1) is 9.87. The third-order valence-corrected chi connectivity index (χ3v) is 5.02. The van der Waals surface area contributed by atoms with Crippen molar-refractivity contribution in [3.63, 3.8) is 0 Å². The molecule has 1 aliphatic heterocycles. The number of aromatic nitrogens is 1. The summed E-state index contributed by atoms with van der Waals surface area (Å²) in [5, 5.41) is 8.88. The summed E-state index contributed by atoms with van der Waals surface area (Å²) < 4.78 is 23.3. The van der Waals surface area contributed by atoms with Gasteiger partial charge >= 0.3 is 5.97 Å². The molecule has 1 saturated heterocycles. The number of carbonyl (C=O) groups excluding carboxylic acids is 1. The minimum absolute atomic E-state index is 0.0337. The summed E-state index contributed by atoms with van der Waals surface area (Å²) >= 11 is 0. The standard InChI is InChI=1S/C13H16N2O5S/c16-12(7-10-3-1-2-4-14-10)15-5-6-21(19,20)9-11(15)8-13(17)18/h1-4,11H,5-9H2,(H,17,18). The molecule has 0 aromatic carbocycles. The van der Waals surface area contributed by atoms with Crippen LogP contribution in [0, 0.1) is 0 Å². The Balaban J connectivity index is 2.11. The zero-order chi connectivity index (χ0) is 15.5. The topological polar surface area (TPSA) is 105 Å². The molecular formula is C13H16N2O5S. The zero-order valence-corrected chi connectivity index (χ0v) is 12.1. The molecule has 1 fully saturated rings. The highest BCUT2D eigenvalue weighted by Crippen LogP contribution is 2.16. The summed E-state index contributed by atoms with van der Waals surface area (Å²) in [6, 6.07) is 4.38. The number of pyridine rings is 1. The van der Waals surface area contributed by atoms with Gasteiger partial charge in [0.25, 0.3) is 0 Å². The van der Waals surface area contributed by atoms with Gasteiger partial charge in [0.05, 0.1) is 30.4 Å². The largest absolute Gasteiger partial charge is 0.481 e. The number of hydrogen-bond donors (Lipinski definition) is 1. The first kappa shape index (κ1) is 15.4. The van der Waals surface area contributed by atoms with E-state index >= 15 is 0 Å². The van der Waals surface area contributed by atoms with Crippen molar-refractivity contribution in [3.8, 4) is 0 Å². The Hall–Kier alpha value is -1.96. The van der Waals surface area contributed by atoms with Gasteiger partial charge in [0, 0.05) is 18.4 Å². The van der Waals surface area contributed by atoms with E-state index in [9.17, 15) is 18.0 Å². The van der Waals surface area contributed by atoms with Gasteiger partial charge in [-0.25, -0.2) is 8.42 Å². The van der Waals surface area contributed by atoms with Crippen LogP contribution in [-0.2, 0) is 25.8 Å². The molecule has 0 spiro atoms. The molecule has 1 N–H and O–H groups in total. The maximum Gasteiger partial charge on any atom is 0.305 e. The number of aliphatic carboxylic acids is 1. The number of carboxylic acid groups (broad SMARTS) is 1. The third-order valence-electron chi connectivity index (χ3n) is 3.32. The molecule has 21 heavy (non-hydrogen) atoms. The zero-order valence-electron chi connectivity index (χ0n) is 11.3. The minimum Gasteiger partial charge on any atom is -0.481 e. The molecule has 0 aliphatic carbocycles. The minimum atomic E-state index is -3.29. The van der Waals surface area contributed by atoms with E-state index in [4.69, 9.17) is 5.11 Å². The number of rotatable bonds is 4. The van der Waals surface area contributed by atoms with Crippen molar-refractivity contribution in [2.24, 2.45) is 0 Å². The lowest BCUT2D eigenvalue weighted by Crippen LogP contribution is -2.52. The molecule has 1 aliphatic rings. The van der Waals surface area contributed by atoms with Gasteiger partial charge in [-0.3, -0.25) is 14.6 Å². The van der Waals surface area contributed by atoms with E-state index in [1.807, 2.05) is 0 Å². The van der Waals surface area contributed by atoms with Crippen molar-refractivity contribution in [2.45, 2.75) is 18.9 Å². The van der Waals surface area contributed by atoms with Crippen molar-refractivity contribution in [2.75, 3.05) is 18.1 Å². The lowest BCUT2D eigenvalue weighted by atomic mass is 10.1. The highest BCUT2D eigenvalue weighted by Gasteiger charge is 2.35.